The third-order valence-electron chi connectivity index (χ3n) is 2.84. The molecule has 2 N–H and O–H groups in total. The third kappa shape index (κ3) is 5.79. The molecular formula is C14H24N4O. The summed E-state index contributed by atoms with van der Waals surface area (Å²) in [4.78, 5) is 20.1. The molecule has 1 aromatic rings. The second-order valence-corrected chi connectivity index (χ2v) is 5.15. The Hall–Kier alpha value is -1.49. The van der Waals surface area contributed by atoms with E-state index in [-0.39, 0.29) is 11.9 Å². The van der Waals surface area contributed by atoms with E-state index in [9.17, 15) is 4.79 Å². The van der Waals surface area contributed by atoms with Crippen LogP contribution in [-0.2, 0) is 4.79 Å². The highest BCUT2D eigenvalue weighted by atomic mass is 16.1. The van der Waals surface area contributed by atoms with Gasteiger partial charge < -0.3 is 10.6 Å². The molecule has 0 aliphatic rings. The molecular weight excluding hydrogens is 240 g/mol. The zero-order valence-corrected chi connectivity index (χ0v) is 12.2. The minimum Gasteiger partial charge on any atom is -0.356 e. The van der Waals surface area contributed by atoms with Gasteiger partial charge in [-0.15, -0.1) is 0 Å². The van der Waals surface area contributed by atoms with Crippen LogP contribution < -0.4 is 10.6 Å². The molecule has 0 saturated carbocycles. The number of amides is 1. The number of hydrogen-bond acceptors (Lipinski definition) is 4. The van der Waals surface area contributed by atoms with Crippen molar-refractivity contribution in [3.8, 4) is 0 Å². The summed E-state index contributed by atoms with van der Waals surface area (Å²) in [6, 6.07) is 0.103. The van der Waals surface area contributed by atoms with Crippen LogP contribution >= 0.6 is 0 Å². The summed E-state index contributed by atoms with van der Waals surface area (Å²) in [5, 5.41) is 6.20. The number of hydrogen-bond donors (Lipinski definition) is 2. The van der Waals surface area contributed by atoms with Gasteiger partial charge in [-0.25, -0.2) is 0 Å². The molecule has 0 aromatic carbocycles. The molecule has 1 heterocycles. The van der Waals surface area contributed by atoms with Crippen LogP contribution in [0.1, 0.15) is 44.6 Å². The predicted molar refractivity (Wildman–Crippen MR) is 75.7 cm³/mol. The van der Waals surface area contributed by atoms with Crippen molar-refractivity contribution in [2.75, 3.05) is 13.1 Å². The molecule has 0 radical (unpaired) electrons. The average Bonchev–Trinajstić information content (AvgIpc) is 2.36. The Bertz CT molecular complexity index is 406. The van der Waals surface area contributed by atoms with E-state index in [0.29, 0.717) is 18.9 Å². The molecule has 0 bridgehead atoms. The van der Waals surface area contributed by atoms with E-state index in [0.717, 1.165) is 17.9 Å². The van der Waals surface area contributed by atoms with E-state index in [1.807, 2.05) is 13.8 Å². The van der Waals surface area contributed by atoms with Crippen molar-refractivity contribution < 1.29 is 4.79 Å². The molecule has 0 fully saturated rings. The van der Waals surface area contributed by atoms with Crippen LogP contribution in [0.25, 0.3) is 0 Å². The Balaban J connectivity index is 2.29. The molecule has 1 rings (SSSR count). The summed E-state index contributed by atoms with van der Waals surface area (Å²) < 4.78 is 0. The average molecular weight is 264 g/mol. The van der Waals surface area contributed by atoms with Crippen molar-refractivity contribution in [2.24, 2.45) is 5.92 Å². The highest BCUT2D eigenvalue weighted by Crippen LogP contribution is 2.11. The van der Waals surface area contributed by atoms with E-state index in [2.05, 4.69) is 34.4 Å². The van der Waals surface area contributed by atoms with Gasteiger partial charge in [-0.2, -0.15) is 0 Å². The predicted octanol–water partition coefficient (Wildman–Crippen LogP) is 1.60. The second-order valence-electron chi connectivity index (χ2n) is 5.15. The van der Waals surface area contributed by atoms with Gasteiger partial charge in [0.1, 0.15) is 0 Å². The molecule has 0 spiro atoms. The van der Waals surface area contributed by atoms with Gasteiger partial charge in [0.2, 0.25) is 5.91 Å². The first-order valence-corrected chi connectivity index (χ1v) is 6.78. The van der Waals surface area contributed by atoms with Gasteiger partial charge in [0, 0.05) is 37.9 Å². The van der Waals surface area contributed by atoms with Crippen molar-refractivity contribution in [3.63, 3.8) is 0 Å². The van der Waals surface area contributed by atoms with Crippen molar-refractivity contribution in [2.45, 2.75) is 40.2 Å². The van der Waals surface area contributed by atoms with Crippen LogP contribution in [0.5, 0.6) is 0 Å². The number of aryl methyl sites for hydroxylation is 1. The number of nitrogens with one attached hydrogen (secondary N) is 2. The fraction of sp³-hybridized carbons (Fsp3) is 0.643. The van der Waals surface area contributed by atoms with Crippen molar-refractivity contribution in [1.29, 1.82) is 0 Å². The number of rotatable bonds is 7. The van der Waals surface area contributed by atoms with E-state index < -0.39 is 0 Å². The first kappa shape index (κ1) is 15.6. The first-order chi connectivity index (χ1) is 9.00. The minimum absolute atomic E-state index is 0.0873. The van der Waals surface area contributed by atoms with Crippen molar-refractivity contribution in [3.05, 3.63) is 23.8 Å². The van der Waals surface area contributed by atoms with Crippen molar-refractivity contribution >= 4 is 5.91 Å². The molecule has 0 aliphatic heterocycles. The fourth-order valence-electron chi connectivity index (χ4n) is 1.75. The zero-order chi connectivity index (χ0) is 14.3. The Morgan fingerprint density at radius 3 is 2.58 bits per heavy atom. The van der Waals surface area contributed by atoms with Gasteiger partial charge in [-0.1, -0.05) is 13.8 Å². The molecule has 1 amide bonds. The van der Waals surface area contributed by atoms with Crippen LogP contribution in [0, 0.1) is 12.8 Å². The van der Waals surface area contributed by atoms with Crippen LogP contribution in [0.3, 0.4) is 0 Å². The second kappa shape index (κ2) is 7.84. The van der Waals surface area contributed by atoms with Gasteiger partial charge >= 0.3 is 0 Å². The SMILES string of the molecule is Cc1nccnc1C(C)NCCC(=O)NCC(C)C. The van der Waals surface area contributed by atoms with Gasteiger partial charge in [0.05, 0.1) is 11.4 Å². The molecule has 19 heavy (non-hydrogen) atoms. The number of carbonyl (C=O) groups is 1. The molecule has 1 unspecified atom stereocenters. The normalized spacial score (nSPS) is 12.5. The third-order valence-corrected chi connectivity index (χ3v) is 2.84. The van der Waals surface area contributed by atoms with E-state index in [1.54, 1.807) is 12.4 Å². The lowest BCUT2D eigenvalue weighted by Crippen LogP contribution is -2.31. The van der Waals surface area contributed by atoms with Crippen LogP contribution in [-0.4, -0.2) is 29.0 Å². The standard InChI is InChI=1S/C14H24N4O/c1-10(2)9-18-13(19)5-6-15-11(3)14-12(4)16-7-8-17-14/h7-8,10-11,15H,5-6,9H2,1-4H3,(H,18,19). The minimum atomic E-state index is 0.0873. The lowest BCUT2D eigenvalue weighted by atomic mass is 10.2. The first-order valence-electron chi connectivity index (χ1n) is 6.78. The molecule has 106 valence electrons. The maximum absolute atomic E-state index is 11.6. The van der Waals surface area contributed by atoms with Gasteiger partial charge in [0.25, 0.3) is 0 Å². The molecule has 5 heteroatoms. The zero-order valence-electron chi connectivity index (χ0n) is 12.2. The maximum atomic E-state index is 11.6. The lowest BCUT2D eigenvalue weighted by molar-refractivity contribution is -0.121. The van der Waals surface area contributed by atoms with E-state index in [4.69, 9.17) is 0 Å². The number of nitrogens with zero attached hydrogens (tertiary/aromatic N) is 2. The number of carbonyl (C=O) groups excluding carboxylic acids is 1. The monoisotopic (exact) mass is 264 g/mol. The quantitative estimate of drug-likeness (QED) is 0.785. The van der Waals surface area contributed by atoms with Gasteiger partial charge in [0.15, 0.2) is 0 Å². The Morgan fingerprint density at radius 2 is 1.95 bits per heavy atom. The molecule has 0 aliphatic carbocycles. The summed E-state index contributed by atoms with van der Waals surface area (Å²) in [5.41, 5.74) is 1.86. The van der Waals surface area contributed by atoms with Crippen molar-refractivity contribution in [1.82, 2.24) is 20.6 Å². The molecule has 5 nitrogen and oxygen atoms in total. The Labute approximate surface area is 115 Å². The summed E-state index contributed by atoms with van der Waals surface area (Å²) in [6.45, 7) is 9.51. The fourth-order valence-corrected chi connectivity index (χ4v) is 1.75. The highest BCUT2D eigenvalue weighted by molar-refractivity contribution is 5.76. The Morgan fingerprint density at radius 1 is 1.26 bits per heavy atom. The van der Waals surface area contributed by atoms with E-state index >= 15 is 0 Å². The largest absolute Gasteiger partial charge is 0.356 e. The summed E-state index contributed by atoms with van der Waals surface area (Å²) in [5.74, 6) is 0.572. The molecule has 1 aromatic heterocycles. The van der Waals surface area contributed by atoms with Gasteiger partial charge in [-0.3, -0.25) is 14.8 Å². The van der Waals surface area contributed by atoms with Crippen LogP contribution in [0.15, 0.2) is 12.4 Å². The maximum Gasteiger partial charge on any atom is 0.221 e. The smallest absolute Gasteiger partial charge is 0.221 e. The van der Waals surface area contributed by atoms with Crippen LogP contribution in [0.2, 0.25) is 0 Å². The van der Waals surface area contributed by atoms with Gasteiger partial charge in [-0.05, 0) is 19.8 Å². The molecule has 1 atom stereocenters. The van der Waals surface area contributed by atoms with E-state index in [1.165, 1.54) is 0 Å². The highest BCUT2D eigenvalue weighted by Gasteiger charge is 2.10. The number of aromatic nitrogens is 2. The van der Waals surface area contributed by atoms with Crippen LogP contribution in [0.4, 0.5) is 0 Å². The lowest BCUT2D eigenvalue weighted by Gasteiger charge is -2.14. The summed E-state index contributed by atoms with van der Waals surface area (Å²) in [7, 11) is 0. The topological polar surface area (TPSA) is 66.9 Å². The molecule has 0 saturated heterocycles. The summed E-state index contributed by atoms with van der Waals surface area (Å²) >= 11 is 0. The summed E-state index contributed by atoms with van der Waals surface area (Å²) in [6.07, 6.45) is 3.86. The Kier molecular flexibility index (Phi) is 6.42.